The molecule has 0 saturated carbocycles. The Hall–Kier alpha value is -4.18. The molecule has 0 unspecified atom stereocenters. The molecule has 0 atom stereocenters. The number of nitrogens with one attached hydrogen (secondary N) is 1. The summed E-state index contributed by atoms with van der Waals surface area (Å²) in [6.07, 6.45) is 1.52. The Balaban J connectivity index is 1.63. The molecule has 2 aromatic heterocycles. The van der Waals surface area contributed by atoms with E-state index < -0.39 is 5.97 Å². The number of anilines is 1. The molecule has 2 aromatic carbocycles. The average molecular weight is 474 g/mol. The highest BCUT2D eigenvalue weighted by atomic mass is 16.5. The zero-order valence-electron chi connectivity index (χ0n) is 19.9. The van der Waals surface area contributed by atoms with Crippen LogP contribution in [0.25, 0.3) is 22.5 Å². The van der Waals surface area contributed by atoms with Crippen LogP contribution >= 0.6 is 0 Å². The first-order valence-corrected chi connectivity index (χ1v) is 11.3. The maximum atomic E-state index is 12.6. The monoisotopic (exact) mass is 473 g/mol. The number of carbonyl (C=O) groups is 1. The van der Waals surface area contributed by atoms with Crippen molar-refractivity contribution in [2.24, 2.45) is 0 Å². The van der Waals surface area contributed by atoms with Crippen molar-refractivity contribution in [3.8, 4) is 22.5 Å². The fraction of sp³-hybridized carbons (Fsp3) is 0.280. The molecule has 1 N–H and O–H groups in total. The molecule has 0 spiro atoms. The number of ether oxygens (including phenoxy) is 2. The van der Waals surface area contributed by atoms with Gasteiger partial charge in [0.1, 0.15) is 17.2 Å². The van der Waals surface area contributed by atoms with Crippen LogP contribution in [-0.2, 0) is 16.0 Å². The maximum absolute atomic E-state index is 12.6. The second-order valence-electron chi connectivity index (χ2n) is 7.78. The quantitative estimate of drug-likeness (QED) is 0.345. The van der Waals surface area contributed by atoms with Gasteiger partial charge in [-0.1, -0.05) is 48.5 Å². The van der Waals surface area contributed by atoms with E-state index in [4.69, 9.17) is 9.47 Å². The summed E-state index contributed by atoms with van der Waals surface area (Å²) in [5, 5.41) is 14.3. The molecule has 35 heavy (non-hydrogen) atoms. The molecule has 4 aromatic rings. The summed E-state index contributed by atoms with van der Waals surface area (Å²) in [7, 11) is 1.64. The van der Waals surface area contributed by atoms with E-state index in [2.05, 4.69) is 54.9 Å². The van der Waals surface area contributed by atoms with Crippen LogP contribution in [0.2, 0.25) is 0 Å². The lowest BCUT2D eigenvalue weighted by Crippen LogP contribution is -2.30. The summed E-state index contributed by atoms with van der Waals surface area (Å²) < 4.78 is 10.5. The topological polar surface area (TPSA) is 119 Å². The van der Waals surface area contributed by atoms with Crippen molar-refractivity contribution in [3.05, 3.63) is 71.7 Å². The molecule has 4 rings (SSSR count). The Labute approximate surface area is 203 Å². The van der Waals surface area contributed by atoms with E-state index in [0.717, 1.165) is 22.3 Å². The standard InChI is InChI=1S/C25H27N7O3/c1-4-35-25(33)22-15-26-17(2)27-24(22)32(13-14-34-3)16-18-9-11-19(12-10-18)20-7-5-6-8-21(20)23-28-30-31-29-23/h5-12,15H,4,13-14,16H2,1-3H3,(H,28,29,30,31). The number of esters is 1. The molecule has 0 aliphatic heterocycles. The van der Waals surface area contributed by atoms with Gasteiger partial charge in [0.25, 0.3) is 0 Å². The minimum absolute atomic E-state index is 0.275. The summed E-state index contributed by atoms with van der Waals surface area (Å²) in [5.74, 6) is 1.27. The predicted octanol–water partition coefficient (Wildman–Crippen LogP) is 3.46. The van der Waals surface area contributed by atoms with Crippen LogP contribution in [0.1, 0.15) is 28.7 Å². The molecule has 0 bridgehead atoms. The third kappa shape index (κ3) is 5.67. The first kappa shape index (κ1) is 24.0. The zero-order chi connectivity index (χ0) is 24.6. The van der Waals surface area contributed by atoms with Crippen molar-refractivity contribution in [3.63, 3.8) is 0 Å². The number of aromatic nitrogens is 6. The van der Waals surface area contributed by atoms with Crippen molar-refractivity contribution in [2.75, 3.05) is 31.8 Å². The highest BCUT2D eigenvalue weighted by Crippen LogP contribution is 2.30. The fourth-order valence-corrected chi connectivity index (χ4v) is 3.74. The van der Waals surface area contributed by atoms with Gasteiger partial charge in [-0.3, -0.25) is 0 Å². The molecule has 0 fully saturated rings. The Morgan fingerprint density at radius 1 is 1.09 bits per heavy atom. The highest BCUT2D eigenvalue weighted by Gasteiger charge is 2.21. The number of nitrogens with zero attached hydrogens (tertiary/aromatic N) is 6. The van der Waals surface area contributed by atoms with Gasteiger partial charge in [0, 0.05) is 32.0 Å². The third-order valence-corrected chi connectivity index (χ3v) is 5.42. The second-order valence-corrected chi connectivity index (χ2v) is 7.78. The Morgan fingerprint density at radius 2 is 1.86 bits per heavy atom. The molecule has 0 saturated heterocycles. The number of hydrogen-bond acceptors (Lipinski definition) is 9. The summed E-state index contributed by atoms with van der Waals surface area (Å²) in [6, 6.07) is 16.2. The number of methoxy groups -OCH3 is 1. The Kier molecular flexibility index (Phi) is 7.74. The molecule has 0 radical (unpaired) electrons. The van der Waals surface area contributed by atoms with Crippen LogP contribution in [-0.4, -0.2) is 63.4 Å². The molecule has 10 heteroatoms. The molecule has 2 heterocycles. The first-order chi connectivity index (χ1) is 17.1. The number of benzene rings is 2. The van der Waals surface area contributed by atoms with Crippen molar-refractivity contribution in [1.29, 1.82) is 0 Å². The van der Waals surface area contributed by atoms with E-state index in [1.807, 2.05) is 29.2 Å². The zero-order valence-corrected chi connectivity index (χ0v) is 19.9. The van der Waals surface area contributed by atoms with E-state index in [0.29, 0.717) is 42.7 Å². The first-order valence-electron chi connectivity index (χ1n) is 11.3. The lowest BCUT2D eigenvalue weighted by molar-refractivity contribution is 0.0526. The number of tetrazole rings is 1. The van der Waals surface area contributed by atoms with Crippen LogP contribution in [0.5, 0.6) is 0 Å². The molecule has 0 aliphatic rings. The van der Waals surface area contributed by atoms with Gasteiger partial charge < -0.3 is 14.4 Å². The number of aromatic amines is 1. The van der Waals surface area contributed by atoms with Crippen LogP contribution in [0, 0.1) is 6.92 Å². The van der Waals surface area contributed by atoms with E-state index in [1.165, 1.54) is 6.20 Å². The van der Waals surface area contributed by atoms with Gasteiger partial charge in [-0.05, 0) is 41.0 Å². The van der Waals surface area contributed by atoms with Gasteiger partial charge in [-0.2, -0.15) is 0 Å². The highest BCUT2D eigenvalue weighted by molar-refractivity contribution is 5.94. The minimum atomic E-state index is -0.446. The van der Waals surface area contributed by atoms with Gasteiger partial charge in [0.2, 0.25) is 0 Å². The van der Waals surface area contributed by atoms with Crippen LogP contribution in [0.4, 0.5) is 5.82 Å². The van der Waals surface area contributed by atoms with Gasteiger partial charge >= 0.3 is 5.97 Å². The number of carbonyl (C=O) groups excluding carboxylic acids is 1. The molecule has 10 nitrogen and oxygen atoms in total. The minimum Gasteiger partial charge on any atom is -0.462 e. The van der Waals surface area contributed by atoms with Crippen LogP contribution in [0.3, 0.4) is 0 Å². The second kappa shape index (κ2) is 11.3. The number of H-pyrrole nitrogens is 1. The van der Waals surface area contributed by atoms with Gasteiger partial charge in [0.15, 0.2) is 5.82 Å². The van der Waals surface area contributed by atoms with Gasteiger partial charge in [-0.15, -0.1) is 5.10 Å². The molecule has 0 aliphatic carbocycles. The third-order valence-electron chi connectivity index (χ3n) is 5.42. The summed E-state index contributed by atoms with van der Waals surface area (Å²) >= 11 is 0. The largest absolute Gasteiger partial charge is 0.462 e. The van der Waals surface area contributed by atoms with E-state index in [-0.39, 0.29) is 6.61 Å². The fourth-order valence-electron chi connectivity index (χ4n) is 3.74. The van der Waals surface area contributed by atoms with Crippen LogP contribution in [0.15, 0.2) is 54.7 Å². The Bertz CT molecular complexity index is 1260. The van der Waals surface area contributed by atoms with E-state index >= 15 is 0 Å². The summed E-state index contributed by atoms with van der Waals surface area (Å²) in [5.41, 5.74) is 4.36. The van der Waals surface area contributed by atoms with Gasteiger partial charge in [-0.25, -0.2) is 19.9 Å². The van der Waals surface area contributed by atoms with E-state index in [9.17, 15) is 4.79 Å². The Morgan fingerprint density at radius 3 is 2.54 bits per heavy atom. The molecule has 180 valence electrons. The lowest BCUT2D eigenvalue weighted by Gasteiger charge is -2.25. The van der Waals surface area contributed by atoms with Crippen molar-refractivity contribution in [2.45, 2.75) is 20.4 Å². The SMILES string of the molecule is CCOC(=O)c1cnc(C)nc1N(CCOC)Cc1ccc(-c2ccccc2-c2nnn[nH]2)cc1. The summed E-state index contributed by atoms with van der Waals surface area (Å²) in [6.45, 7) is 5.39. The average Bonchev–Trinajstić information content (AvgIpc) is 3.42. The van der Waals surface area contributed by atoms with Crippen molar-refractivity contribution >= 4 is 11.8 Å². The molecular weight excluding hydrogens is 446 g/mol. The number of aryl methyl sites for hydroxylation is 1. The predicted molar refractivity (Wildman–Crippen MR) is 131 cm³/mol. The van der Waals surface area contributed by atoms with Crippen molar-refractivity contribution in [1.82, 2.24) is 30.6 Å². The van der Waals surface area contributed by atoms with Gasteiger partial charge in [0.05, 0.1) is 13.2 Å². The summed E-state index contributed by atoms with van der Waals surface area (Å²) in [4.78, 5) is 23.3. The number of hydrogen-bond donors (Lipinski definition) is 1. The molecular formula is C25H27N7O3. The maximum Gasteiger partial charge on any atom is 0.343 e. The lowest BCUT2D eigenvalue weighted by atomic mass is 9.98. The normalized spacial score (nSPS) is 10.8. The smallest absolute Gasteiger partial charge is 0.343 e. The number of rotatable bonds is 10. The molecule has 0 amide bonds. The van der Waals surface area contributed by atoms with Crippen molar-refractivity contribution < 1.29 is 14.3 Å². The van der Waals surface area contributed by atoms with E-state index in [1.54, 1.807) is 21.0 Å². The van der Waals surface area contributed by atoms with Crippen LogP contribution < -0.4 is 4.90 Å².